The first kappa shape index (κ1) is 15.2. The van der Waals surface area contributed by atoms with Crippen molar-refractivity contribution < 1.29 is 9.53 Å². The van der Waals surface area contributed by atoms with Crippen molar-refractivity contribution >= 4 is 5.78 Å². The van der Waals surface area contributed by atoms with Gasteiger partial charge >= 0.3 is 0 Å². The molecule has 0 fully saturated rings. The first-order valence-corrected chi connectivity index (χ1v) is 7.15. The summed E-state index contributed by atoms with van der Waals surface area (Å²) in [4.78, 5) is 16.5. The second-order valence-corrected chi connectivity index (χ2v) is 6.00. The number of ether oxygens (including phenoxy) is 1. The fourth-order valence-electron chi connectivity index (χ4n) is 2.08. The van der Waals surface area contributed by atoms with E-state index in [0.29, 0.717) is 23.5 Å². The maximum Gasteiger partial charge on any atom is 0.194 e. The number of benzene rings is 1. The Morgan fingerprint density at radius 2 is 1.76 bits per heavy atom. The van der Waals surface area contributed by atoms with Crippen molar-refractivity contribution in [1.29, 1.82) is 0 Å². The Kier molecular flexibility index (Phi) is 4.41. The van der Waals surface area contributed by atoms with Crippen molar-refractivity contribution in [3.8, 4) is 5.75 Å². The number of nitrogens with zero attached hydrogens (tertiary/aromatic N) is 1. The summed E-state index contributed by atoms with van der Waals surface area (Å²) in [5.74, 6) is 0.583. The third-order valence-electron chi connectivity index (χ3n) is 3.30. The normalized spacial score (nSPS) is 11.2. The van der Waals surface area contributed by atoms with Gasteiger partial charge in [-0.05, 0) is 24.0 Å². The Labute approximate surface area is 126 Å². The fraction of sp³-hybridized carbons (Fsp3) is 0.333. The van der Waals surface area contributed by atoms with Crippen LogP contribution in [0.15, 0.2) is 42.7 Å². The van der Waals surface area contributed by atoms with Crippen LogP contribution in [0.4, 0.5) is 0 Å². The van der Waals surface area contributed by atoms with Gasteiger partial charge < -0.3 is 4.74 Å². The predicted octanol–water partition coefficient (Wildman–Crippen LogP) is 4.01. The standard InChI is InChI=1S/C18H21NO2/c1-5-21-16-10-14(11-19-12-16)17(20)13-6-8-15(9-7-13)18(2,3)4/h6-12H,5H2,1-4H3. The van der Waals surface area contributed by atoms with Crippen LogP contribution in [-0.2, 0) is 5.41 Å². The second kappa shape index (κ2) is 6.08. The topological polar surface area (TPSA) is 39.2 Å². The summed E-state index contributed by atoms with van der Waals surface area (Å²) >= 11 is 0. The smallest absolute Gasteiger partial charge is 0.194 e. The van der Waals surface area contributed by atoms with Crippen LogP contribution in [-0.4, -0.2) is 17.4 Å². The van der Waals surface area contributed by atoms with Gasteiger partial charge in [-0.15, -0.1) is 0 Å². The van der Waals surface area contributed by atoms with Gasteiger partial charge in [0.25, 0.3) is 0 Å². The highest BCUT2D eigenvalue weighted by molar-refractivity contribution is 6.09. The van der Waals surface area contributed by atoms with Gasteiger partial charge in [0, 0.05) is 17.3 Å². The molecule has 0 amide bonds. The molecule has 0 unspecified atom stereocenters. The molecule has 0 N–H and O–H groups in total. The summed E-state index contributed by atoms with van der Waals surface area (Å²) in [6.07, 6.45) is 3.19. The number of hydrogen-bond acceptors (Lipinski definition) is 3. The van der Waals surface area contributed by atoms with Gasteiger partial charge in [-0.2, -0.15) is 0 Å². The third kappa shape index (κ3) is 3.69. The van der Waals surface area contributed by atoms with Crippen molar-refractivity contribution in [3.63, 3.8) is 0 Å². The highest BCUT2D eigenvalue weighted by Crippen LogP contribution is 2.23. The van der Waals surface area contributed by atoms with E-state index in [1.54, 1.807) is 18.5 Å². The highest BCUT2D eigenvalue weighted by Gasteiger charge is 2.15. The van der Waals surface area contributed by atoms with Crippen LogP contribution in [0.3, 0.4) is 0 Å². The van der Waals surface area contributed by atoms with Crippen LogP contribution in [0.2, 0.25) is 0 Å². The van der Waals surface area contributed by atoms with Gasteiger partial charge in [-0.3, -0.25) is 9.78 Å². The molecule has 2 aromatic rings. The van der Waals surface area contributed by atoms with Crippen molar-refractivity contribution in [3.05, 3.63) is 59.4 Å². The number of ketones is 1. The molecule has 0 saturated heterocycles. The van der Waals surface area contributed by atoms with E-state index in [0.717, 1.165) is 0 Å². The molecule has 0 saturated carbocycles. The molecule has 0 radical (unpaired) electrons. The minimum Gasteiger partial charge on any atom is -0.492 e. The number of aromatic nitrogens is 1. The van der Waals surface area contributed by atoms with Gasteiger partial charge in [0.2, 0.25) is 0 Å². The maximum atomic E-state index is 12.5. The Morgan fingerprint density at radius 1 is 1.10 bits per heavy atom. The van der Waals surface area contributed by atoms with Crippen molar-refractivity contribution in [2.45, 2.75) is 33.1 Å². The number of hydrogen-bond donors (Lipinski definition) is 0. The van der Waals surface area contributed by atoms with Gasteiger partial charge in [0.1, 0.15) is 5.75 Å². The van der Waals surface area contributed by atoms with Crippen LogP contribution in [0, 0.1) is 0 Å². The number of carbonyl (C=O) groups excluding carboxylic acids is 1. The molecule has 3 heteroatoms. The van der Waals surface area contributed by atoms with Crippen molar-refractivity contribution in [1.82, 2.24) is 4.98 Å². The molecule has 21 heavy (non-hydrogen) atoms. The summed E-state index contributed by atoms with van der Waals surface area (Å²) in [6.45, 7) is 8.91. The summed E-state index contributed by atoms with van der Waals surface area (Å²) in [6, 6.07) is 9.49. The van der Waals surface area contributed by atoms with Gasteiger partial charge in [-0.25, -0.2) is 0 Å². The van der Waals surface area contributed by atoms with Crippen LogP contribution >= 0.6 is 0 Å². The molecule has 0 bridgehead atoms. The number of pyridine rings is 1. The van der Waals surface area contributed by atoms with Crippen molar-refractivity contribution in [2.75, 3.05) is 6.61 Å². The van der Waals surface area contributed by atoms with E-state index in [9.17, 15) is 4.79 Å². The Hall–Kier alpha value is -2.16. The van der Waals surface area contributed by atoms with E-state index in [1.165, 1.54) is 5.56 Å². The summed E-state index contributed by atoms with van der Waals surface area (Å²) in [7, 11) is 0. The average molecular weight is 283 g/mol. The lowest BCUT2D eigenvalue weighted by Gasteiger charge is -2.19. The zero-order valence-electron chi connectivity index (χ0n) is 13.0. The maximum absolute atomic E-state index is 12.5. The van der Waals surface area contributed by atoms with E-state index in [1.807, 2.05) is 31.2 Å². The minimum atomic E-state index is -0.0375. The first-order valence-electron chi connectivity index (χ1n) is 7.15. The quantitative estimate of drug-likeness (QED) is 0.796. The predicted molar refractivity (Wildman–Crippen MR) is 84.0 cm³/mol. The van der Waals surface area contributed by atoms with E-state index in [2.05, 4.69) is 25.8 Å². The molecule has 1 aromatic heterocycles. The average Bonchev–Trinajstić information content (AvgIpc) is 2.46. The van der Waals surface area contributed by atoms with E-state index in [4.69, 9.17) is 4.74 Å². The largest absolute Gasteiger partial charge is 0.492 e. The number of carbonyl (C=O) groups is 1. The summed E-state index contributed by atoms with van der Waals surface area (Å²) < 4.78 is 5.38. The molecule has 110 valence electrons. The third-order valence-corrected chi connectivity index (χ3v) is 3.30. The molecule has 3 nitrogen and oxygen atoms in total. The Morgan fingerprint density at radius 3 is 2.33 bits per heavy atom. The SMILES string of the molecule is CCOc1cncc(C(=O)c2ccc(C(C)(C)C)cc2)c1. The van der Waals surface area contributed by atoms with E-state index >= 15 is 0 Å². The van der Waals surface area contributed by atoms with Crippen LogP contribution in [0.1, 0.15) is 49.2 Å². The molecule has 2 rings (SSSR count). The molecule has 1 heterocycles. The van der Waals surface area contributed by atoms with Crippen molar-refractivity contribution in [2.24, 2.45) is 0 Å². The Bertz CT molecular complexity index is 624. The van der Waals surface area contributed by atoms with Crippen LogP contribution < -0.4 is 4.74 Å². The lowest BCUT2D eigenvalue weighted by atomic mass is 9.86. The molecule has 1 aromatic carbocycles. The lowest BCUT2D eigenvalue weighted by molar-refractivity contribution is 0.103. The minimum absolute atomic E-state index is 0.0375. The van der Waals surface area contributed by atoms with E-state index in [-0.39, 0.29) is 11.2 Å². The zero-order valence-corrected chi connectivity index (χ0v) is 13.0. The summed E-state index contributed by atoms with van der Waals surface area (Å²) in [5.41, 5.74) is 2.50. The second-order valence-electron chi connectivity index (χ2n) is 6.00. The van der Waals surface area contributed by atoms with Crippen LogP contribution in [0.25, 0.3) is 0 Å². The summed E-state index contributed by atoms with van der Waals surface area (Å²) in [5, 5.41) is 0. The molecule has 0 spiro atoms. The van der Waals surface area contributed by atoms with Gasteiger partial charge in [0.15, 0.2) is 5.78 Å². The molecule has 0 aliphatic rings. The number of rotatable bonds is 4. The van der Waals surface area contributed by atoms with Gasteiger partial charge in [0.05, 0.1) is 12.8 Å². The molecule has 0 aliphatic heterocycles. The molecule has 0 atom stereocenters. The highest BCUT2D eigenvalue weighted by atomic mass is 16.5. The van der Waals surface area contributed by atoms with E-state index < -0.39 is 0 Å². The van der Waals surface area contributed by atoms with Crippen LogP contribution in [0.5, 0.6) is 5.75 Å². The van der Waals surface area contributed by atoms with Gasteiger partial charge in [-0.1, -0.05) is 45.0 Å². The Balaban J connectivity index is 2.26. The molecular formula is C18H21NO2. The first-order chi connectivity index (χ1) is 9.91. The zero-order chi connectivity index (χ0) is 15.5. The molecule has 0 aliphatic carbocycles. The monoisotopic (exact) mass is 283 g/mol. The lowest BCUT2D eigenvalue weighted by Crippen LogP contribution is -2.11. The molecular weight excluding hydrogens is 262 g/mol. The fourth-order valence-corrected chi connectivity index (χ4v) is 2.08.